The third kappa shape index (κ3) is 3.92. The molecule has 1 amide bonds. The number of thiophene rings is 1. The molecule has 0 saturated heterocycles. The van der Waals surface area contributed by atoms with Crippen LogP contribution in [-0.4, -0.2) is 31.9 Å². The molecule has 6 nitrogen and oxygen atoms in total. The van der Waals surface area contributed by atoms with Crippen LogP contribution in [0.5, 0.6) is 0 Å². The van der Waals surface area contributed by atoms with Gasteiger partial charge in [0.25, 0.3) is 0 Å². The Morgan fingerprint density at radius 1 is 1.23 bits per heavy atom. The summed E-state index contributed by atoms with van der Waals surface area (Å²) in [5.41, 5.74) is 0.784. The molecule has 0 aliphatic carbocycles. The molecule has 0 bridgehead atoms. The number of hydrogen-bond acceptors (Lipinski definition) is 6. The van der Waals surface area contributed by atoms with Gasteiger partial charge in [0, 0.05) is 10.6 Å². The molecule has 1 N–H and O–H groups in total. The number of carbonyl (C=O) groups excluding carboxylic acids is 1. The highest BCUT2D eigenvalue weighted by molar-refractivity contribution is 7.99. The zero-order chi connectivity index (χ0) is 15.2. The molecule has 8 heteroatoms. The van der Waals surface area contributed by atoms with Crippen LogP contribution >= 0.6 is 23.1 Å². The number of carbonyl (C=O) groups is 1. The number of tetrazole rings is 1. The average molecular weight is 331 g/mol. The molecular formula is C14H13N5OS2. The molecule has 1 aromatic carbocycles. The predicted molar refractivity (Wildman–Crippen MR) is 87.0 cm³/mol. The lowest BCUT2D eigenvalue weighted by Crippen LogP contribution is -2.14. The molecule has 3 rings (SSSR count). The molecule has 0 aliphatic heterocycles. The molecule has 112 valence electrons. The summed E-state index contributed by atoms with van der Waals surface area (Å²) in [6, 6.07) is 13.4. The van der Waals surface area contributed by atoms with Gasteiger partial charge in [-0.25, -0.2) is 4.68 Å². The highest BCUT2D eigenvalue weighted by Gasteiger charge is 2.11. The maximum absolute atomic E-state index is 11.9. The first-order chi connectivity index (χ1) is 10.8. The van der Waals surface area contributed by atoms with Crippen molar-refractivity contribution in [2.75, 3.05) is 11.1 Å². The summed E-state index contributed by atoms with van der Waals surface area (Å²) < 4.78 is 1.70. The van der Waals surface area contributed by atoms with Crippen molar-refractivity contribution in [1.82, 2.24) is 20.2 Å². The first-order valence-corrected chi connectivity index (χ1v) is 8.44. The monoisotopic (exact) mass is 331 g/mol. The van der Waals surface area contributed by atoms with E-state index in [-0.39, 0.29) is 11.7 Å². The van der Waals surface area contributed by atoms with Crippen molar-refractivity contribution in [1.29, 1.82) is 0 Å². The predicted octanol–water partition coefficient (Wildman–Crippen LogP) is 2.51. The minimum absolute atomic E-state index is 0.0816. The first kappa shape index (κ1) is 14.7. The normalized spacial score (nSPS) is 10.5. The Morgan fingerprint density at radius 2 is 2.09 bits per heavy atom. The minimum Gasteiger partial charge on any atom is -0.325 e. The fraction of sp³-hybridized carbons (Fsp3) is 0.143. The molecular weight excluding hydrogens is 318 g/mol. The number of amides is 1. The lowest BCUT2D eigenvalue weighted by Gasteiger charge is -2.05. The van der Waals surface area contributed by atoms with Crippen LogP contribution in [0.15, 0.2) is 53.0 Å². The smallest absolute Gasteiger partial charge is 0.234 e. The van der Waals surface area contributed by atoms with Gasteiger partial charge in [0.05, 0.1) is 12.3 Å². The van der Waals surface area contributed by atoms with Crippen molar-refractivity contribution in [3.05, 3.63) is 52.7 Å². The molecule has 22 heavy (non-hydrogen) atoms. The molecule has 0 unspecified atom stereocenters. The van der Waals surface area contributed by atoms with Crippen LogP contribution in [0.25, 0.3) is 0 Å². The van der Waals surface area contributed by atoms with Crippen molar-refractivity contribution in [2.45, 2.75) is 11.7 Å². The van der Waals surface area contributed by atoms with E-state index >= 15 is 0 Å². The summed E-state index contributed by atoms with van der Waals surface area (Å²) in [4.78, 5) is 13.1. The summed E-state index contributed by atoms with van der Waals surface area (Å²) in [6.07, 6.45) is 0. The van der Waals surface area contributed by atoms with E-state index in [1.807, 2.05) is 47.8 Å². The van der Waals surface area contributed by atoms with Gasteiger partial charge >= 0.3 is 0 Å². The second-order valence-corrected chi connectivity index (χ2v) is 6.38. The third-order valence-electron chi connectivity index (χ3n) is 2.77. The number of anilines is 1. The van der Waals surface area contributed by atoms with Gasteiger partial charge in [0.2, 0.25) is 11.1 Å². The van der Waals surface area contributed by atoms with Crippen molar-refractivity contribution >= 4 is 34.7 Å². The van der Waals surface area contributed by atoms with Crippen LogP contribution in [0.3, 0.4) is 0 Å². The summed E-state index contributed by atoms with van der Waals surface area (Å²) in [5.74, 6) is 0.182. The number of nitrogens with zero attached hydrogens (tertiary/aromatic N) is 4. The number of hydrogen-bond donors (Lipinski definition) is 1. The van der Waals surface area contributed by atoms with Crippen molar-refractivity contribution in [3.8, 4) is 0 Å². The van der Waals surface area contributed by atoms with Gasteiger partial charge < -0.3 is 5.32 Å². The molecule has 0 saturated carbocycles. The third-order valence-corrected chi connectivity index (χ3v) is 4.59. The number of nitrogens with one attached hydrogen (secondary N) is 1. The van der Waals surface area contributed by atoms with Crippen molar-refractivity contribution in [3.63, 3.8) is 0 Å². The van der Waals surface area contributed by atoms with E-state index < -0.39 is 0 Å². The fourth-order valence-corrected chi connectivity index (χ4v) is 3.16. The number of rotatable bonds is 6. The second kappa shape index (κ2) is 7.19. The maximum atomic E-state index is 11.9. The standard InChI is InChI=1S/C14H13N5OS2/c20-13(15-11-5-2-1-3-6-11)10-22-14-16-17-18-19(14)9-12-7-4-8-21-12/h1-8H,9-10H2,(H,15,20). The Bertz CT molecular complexity index is 727. The summed E-state index contributed by atoms with van der Waals surface area (Å²) in [7, 11) is 0. The van der Waals surface area contributed by atoms with Gasteiger partial charge in [-0.3, -0.25) is 4.79 Å². The fourth-order valence-electron chi connectivity index (χ4n) is 1.80. The van der Waals surface area contributed by atoms with Gasteiger partial charge in [0.1, 0.15) is 0 Å². The Morgan fingerprint density at radius 3 is 2.86 bits per heavy atom. The zero-order valence-corrected chi connectivity index (χ0v) is 13.2. The van der Waals surface area contributed by atoms with E-state index in [2.05, 4.69) is 20.8 Å². The van der Waals surface area contributed by atoms with E-state index in [1.54, 1.807) is 16.0 Å². The quantitative estimate of drug-likeness (QED) is 0.703. The maximum Gasteiger partial charge on any atom is 0.234 e. The van der Waals surface area contributed by atoms with Gasteiger partial charge in [-0.1, -0.05) is 36.0 Å². The zero-order valence-electron chi connectivity index (χ0n) is 11.5. The van der Waals surface area contributed by atoms with Crippen molar-refractivity contribution in [2.24, 2.45) is 0 Å². The lowest BCUT2D eigenvalue weighted by molar-refractivity contribution is -0.113. The van der Waals surface area contributed by atoms with Crippen molar-refractivity contribution < 1.29 is 4.79 Å². The second-order valence-electron chi connectivity index (χ2n) is 4.40. The first-order valence-electron chi connectivity index (χ1n) is 6.57. The number of benzene rings is 1. The van der Waals surface area contributed by atoms with E-state index in [0.29, 0.717) is 11.7 Å². The molecule has 0 fully saturated rings. The van der Waals surface area contributed by atoms with Crippen LogP contribution in [0, 0.1) is 0 Å². The van der Waals surface area contributed by atoms with Crippen LogP contribution in [0.2, 0.25) is 0 Å². The van der Waals surface area contributed by atoms with E-state index in [9.17, 15) is 4.79 Å². The van der Waals surface area contributed by atoms with E-state index in [0.717, 1.165) is 5.69 Å². The lowest BCUT2D eigenvalue weighted by atomic mass is 10.3. The number of thioether (sulfide) groups is 1. The van der Waals surface area contributed by atoms with Gasteiger partial charge in [-0.05, 0) is 34.0 Å². The van der Waals surface area contributed by atoms with Crippen LogP contribution in [-0.2, 0) is 11.3 Å². The summed E-state index contributed by atoms with van der Waals surface area (Å²) in [6.45, 7) is 0.618. The molecule has 2 aromatic heterocycles. The average Bonchev–Trinajstić information content (AvgIpc) is 3.19. The topological polar surface area (TPSA) is 72.7 Å². The highest BCUT2D eigenvalue weighted by Crippen LogP contribution is 2.17. The molecule has 0 atom stereocenters. The van der Waals surface area contributed by atoms with Gasteiger partial charge in [-0.15, -0.1) is 16.4 Å². The Kier molecular flexibility index (Phi) is 4.81. The molecule has 2 heterocycles. The minimum atomic E-state index is -0.0816. The Balaban J connectivity index is 1.55. The molecule has 0 aliphatic rings. The van der Waals surface area contributed by atoms with E-state index in [1.165, 1.54) is 16.6 Å². The van der Waals surface area contributed by atoms with Crippen LogP contribution in [0.1, 0.15) is 4.88 Å². The molecule has 3 aromatic rings. The largest absolute Gasteiger partial charge is 0.325 e. The summed E-state index contributed by atoms with van der Waals surface area (Å²) >= 11 is 2.97. The van der Waals surface area contributed by atoms with Gasteiger partial charge in [-0.2, -0.15) is 0 Å². The molecule has 0 spiro atoms. The van der Waals surface area contributed by atoms with Crippen LogP contribution < -0.4 is 5.32 Å². The Hall–Kier alpha value is -2.19. The number of para-hydroxylation sites is 1. The number of aromatic nitrogens is 4. The Labute approximate surface area is 135 Å². The molecule has 0 radical (unpaired) electrons. The summed E-state index contributed by atoms with van der Waals surface area (Å²) in [5, 5.41) is 17.1. The van der Waals surface area contributed by atoms with Gasteiger partial charge in [0.15, 0.2) is 0 Å². The van der Waals surface area contributed by atoms with E-state index in [4.69, 9.17) is 0 Å². The highest BCUT2D eigenvalue weighted by atomic mass is 32.2. The van der Waals surface area contributed by atoms with Crippen LogP contribution in [0.4, 0.5) is 5.69 Å². The SMILES string of the molecule is O=C(CSc1nnnn1Cc1cccs1)Nc1ccccc1.